The van der Waals surface area contributed by atoms with Crippen LogP contribution >= 0.6 is 34.5 Å². The van der Waals surface area contributed by atoms with Crippen molar-refractivity contribution in [3.8, 4) is 21.8 Å². The van der Waals surface area contributed by atoms with Crippen LogP contribution in [0.2, 0.25) is 10.0 Å². The summed E-state index contributed by atoms with van der Waals surface area (Å²) in [5, 5.41) is 3.42. The summed E-state index contributed by atoms with van der Waals surface area (Å²) in [4.78, 5) is 5.77. The van der Waals surface area contributed by atoms with Crippen molar-refractivity contribution in [3.63, 3.8) is 0 Å². The number of halogens is 2. The van der Waals surface area contributed by atoms with E-state index in [1.807, 2.05) is 53.9 Å². The van der Waals surface area contributed by atoms with Crippen LogP contribution in [0.25, 0.3) is 21.8 Å². The molecule has 1 aromatic carbocycles. The Morgan fingerprint density at radius 2 is 1.58 bits per heavy atom. The summed E-state index contributed by atoms with van der Waals surface area (Å²) in [6.45, 7) is 0. The van der Waals surface area contributed by atoms with E-state index in [0.717, 1.165) is 21.8 Å². The van der Waals surface area contributed by atoms with E-state index in [0.29, 0.717) is 10.0 Å². The number of hydrogen-bond acceptors (Lipinski definition) is 2. The lowest BCUT2D eigenvalue weighted by molar-refractivity contribution is 1.34. The van der Waals surface area contributed by atoms with Gasteiger partial charge in [0, 0.05) is 15.6 Å². The number of benzene rings is 1. The molecule has 0 aliphatic carbocycles. The second kappa shape index (κ2) is 5.33. The Balaban J connectivity index is 2.10. The van der Waals surface area contributed by atoms with Gasteiger partial charge in [-0.3, -0.25) is 0 Å². The molecule has 0 bridgehead atoms. The van der Waals surface area contributed by atoms with Crippen LogP contribution in [0.5, 0.6) is 0 Å². The van der Waals surface area contributed by atoms with Gasteiger partial charge < -0.3 is 0 Å². The van der Waals surface area contributed by atoms with Crippen LogP contribution in [0.15, 0.2) is 53.9 Å². The minimum Gasteiger partial charge on any atom is -0.247 e. The smallest absolute Gasteiger partial charge is 0.0824 e. The zero-order valence-electron chi connectivity index (χ0n) is 9.81. The van der Waals surface area contributed by atoms with Crippen LogP contribution in [-0.2, 0) is 0 Å². The highest BCUT2D eigenvalue weighted by Crippen LogP contribution is 2.29. The quantitative estimate of drug-likeness (QED) is 0.584. The molecule has 0 radical (unpaired) electrons. The number of hydrogen-bond donors (Lipinski definition) is 0. The fourth-order valence-electron chi connectivity index (χ4n) is 1.82. The monoisotopic (exact) mass is 305 g/mol. The van der Waals surface area contributed by atoms with Crippen LogP contribution in [0.1, 0.15) is 0 Å². The number of thiophene rings is 1. The molecular weight excluding hydrogens is 297 g/mol. The van der Waals surface area contributed by atoms with E-state index in [1.54, 1.807) is 11.3 Å². The van der Waals surface area contributed by atoms with Crippen LogP contribution in [0, 0.1) is 0 Å². The van der Waals surface area contributed by atoms with E-state index in [2.05, 4.69) is 4.98 Å². The van der Waals surface area contributed by atoms with E-state index >= 15 is 0 Å². The largest absolute Gasteiger partial charge is 0.247 e. The average Bonchev–Trinajstić information content (AvgIpc) is 2.93. The third-order valence-electron chi connectivity index (χ3n) is 2.70. The van der Waals surface area contributed by atoms with Crippen molar-refractivity contribution in [1.82, 2.24) is 4.98 Å². The Kier molecular flexibility index (Phi) is 3.56. The molecule has 0 atom stereocenters. The molecule has 0 aliphatic rings. The van der Waals surface area contributed by atoms with E-state index < -0.39 is 0 Å². The molecule has 0 spiro atoms. The normalized spacial score (nSPS) is 10.6. The molecule has 0 amide bonds. The van der Waals surface area contributed by atoms with E-state index in [1.165, 1.54) is 0 Å². The highest BCUT2D eigenvalue weighted by atomic mass is 35.5. The second-order valence-electron chi connectivity index (χ2n) is 4.04. The Hall–Kier alpha value is -1.35. The SMILES string of the molecule is Clc1ccc(-c2cc(Cl)cc(-c3cccs3)n2)cc1. The van der Waals surface area contributed by atoms with Crippen molar-refractivity contribution >= 4 is 34.5 Å². The van der Waals surface area contributed by atoms with Crippen molar-refractivity contribution < 1.29 is 0 Å². The number of rotatable bonds is 2. The zero-order chi connectivity index (χ0) is 13.2. The zero-order valence-corrected chi connectivity index (χ0v) is 12.1. The van der Waals surface area contributed by atoms with Gasteiger partial charge >= 0.3 is 0 Å². The fraction of sp³-hybridized carbons (Fsp3) is 0. The maximum atomic E-state index is 6.19. The van der Waals surface area contributed by atoms with Gasteiger partial charge in [0.1, 0.15) is 0 Å². The maximum Gasteiger partial charge on any atom is 0.0824 e. The third kappa shape index (κ3) is 2.81. The molecule has 94 valence electrons. The van der Waals surface area contributed by atoms with E-state index in [4.69, 9.17) is 23.2 Å². The average molecular weight is 306 g/mol. The first kappa shape index (κ1) is 12.7. The van der Waals surface area contributed by atoms with Crippen molar-refractivity contribution in [1.29, 1.82) is 0 Å². The first-order valence-corrected chi connectivity index (χ1v) is 7.33. The molecule has 0 N–H and O–H groups in total. The summed E-state index contributed by atoms with van der Waals surface area (Å²) in [6, 6.07) is 15.4. The number of pyridine rings is 1. The fourth-order valence-corrected chi connectivity index (χ4v) is 2.84. The number of nitrogens with zero attached hydrogens (tertiary/aromatic N) is 1. The third-order valence-corrected chi connectivity index (χ3v) is 4.07. The Labute approximate surface area is 125 Å². The van der Waals surface area contributed by atoms with Crippen LogP contribution < -0.4 is 0 Å². The summed E-state index contributed by atoms with van der Waals surface area (Å²) in [5.74, 6) is 0. The highest BCUT2D eigenvalue weighted by Gasteiger charge is 2.07. The minimum atomic E-state index is 0.684. The first-order chi connectivity index (χ1) is 9.22. The van der Waals surface area contributed by atoms with Crippen LogP contribution in [0.4, 0.5) is 0 Å². The van der Waals surface area contributed by atoms with Gasteiger partial charge in [-0.1, -0.05) is 41.4 Å². The van der Waals surface area contributed by atoms with Gasteiger partial charge in [0.2, 0.25) is 0 Å². The Morgan fingerprint density at radius 3 is 2.26 bits per heavy atom. The lowest BCUT2D eigenvalue weighted by atomic mass is 10.1. The van der Waals surface area contributed by atoms with Gasteiger partial charge in [0.25, 0.3) is 0 Å². The lowest BCUT2D eigenvalue weighted by Crippen LogP contribution is -1.87. The van der Waals surface area contributed by atoms with Crippen molar-refractivity contribution in [2.75, 3.05) is 0 Å². The van der Waals surface area contributed by atoms with Gasteiger partial charge in [-0.2, -0.15) is 0 Å². The van der Waals surface area contributed by atoms with E-state index in [-0.39, 0.29) is 0 Å². The molecule has 3 aromatic rings. The standard InChI is InChI=1S/C15H9Cl2NS/c16-11-5-3-10(4-6-11)13-8-12(17)9-14(18-13)15-2-1-7-19-15/h1-9H. The molecular formula is C15H9Cl2NS. The maximum absolute atomic E-state index is 6.19. The molecule has 4 heteroatoms. The first-order valence-electron chi connectivity index (χ1n) is 5.70. The van der Waals surface area contributed by atoms with Gasteiger partial charge in [0.15, 0.2) is 0 Å². The van der Waals surface area contributed by atoms with E-state index in [9.17, 15) is 0 Å². The molecule has 0 aliphatic heterocycles. The molecule has 2 heterocycles. The lowest BCUT2D eigenvalue weighted by Gasteiger charge is -2.05. The number of aromatic nitrogens is 1. The molecule has 19 heavy (non-hydrogen) atoms. The summed E-state index contributed by atoms with van der Waals surface area (Å²) in [7, 11) is 0. The molecule has 1 nitrogen and oxygen atoms in total. The minimum absolute atomic E-state index is 0.684. The Morgan fingerprint density at radius 1 is 0.842 bits per heavy atom. The molecule has 0 fully saturated rings. The van der Waals surface area contributed by atoms with Gasteiger partial charge in [0.05, 0.1) is 16.3 Å². The summed E-state index contributed by atoms with van der Waals surface area (Å²) in [5.41, 5.74) is 2.75. The van der Waals surface area contributed by atoms with Crippen molar-refractivity contribution in [2.45, 2.75) is 0 Å². The summed E-state index contributed by atoms with van der Waals surface area (Å²) < 4.78 is 0. The summed E-state index contributed by atoms with van der Waals surface area (Å²) >= 11 is 13.7. The summed E-state index contributed by atoms with van der Waals surface area (Å²) in [6.07, 6.45) is 0. The van der Waals surface area contributed by atoms with Gasteiger partial charge in [-0.25, -0.2) is 4.98 Å². The van der Waals surface area contributed by atoms with Crippen LogP contribution in [-0.4, -0.2) is 4.98 Å². The predicted molar refractivity (Wildman–Crippen MR) is 83.0 cm³/mol. The second-order valence-corrected chi connectivity index (χ2v) is 5.86. The topological polar surface area (TPSA) is 12.9 Å². The highest BCUT2D eigenvalue weighted by molar-refractivity contribution is 7.13. The molecule has 0 saturated carbocycles. The van der Waals surface area contributed by atoms with Crippen molar-refractivity contribution in [2.24, 2.45) is 0 Å². The Bertz CT molecular complexity index is 691. The van der Waals surface area contributed by atoms with Gasteiger partial charge in [-0.15, -0.1) is 11.3 Å². The molecule has 2 aromatic heterocycles. The predicted octanol–water partition coefficient (Wildman–Crippen LogP) is 5.78. The van der Waals surface area contributed by atoms with Gasteiger partial charge in [-0.05, 0) is 35.7 Å². The molecule has 3 rings (SSSR count). The molecule has 0 unspecified atom stereocenters. The van der Waals surface area contributed by atoms with Crippen LogP contribution in [0.3, 0.4) is 0 Å². The van der Waals surface area contributed by atoms with Crippen molar-refractivity contribution in [3.05, 3.63) is 64.0 Å². The molecule has 0 saturated heterocycles.